The van der Waals surface area contributed by atoms with Gasteiger partial charge in [-0.15, -0.1) is 0 Å². The van der Waals surface area contributed by atoms with Gasteiger partial charge in [0.15, 0.2) is 0 Å². The van der Waals surface area contributed by atoms with Gasteiger partial charge < -0.3 is 10.2 Å². The summed E-state index contributed by atoms with van der Waals surface area (Å²) in [6, 6.07) is 6.51. The van der Waals surface area contributed by atoms with Crippen LogP contribution in [-0.4, -0.2) is 25.2 Å². The highest BCUT2D eigenvalue weighted by atomic mass is 19.4. The maximum absolute atomic E-state index is 13.3. The zero-order chi connectivity index (χ0) is 14.9. The average molecular weight is 298 g/mol. The molecule has 2 unspecified atom stereocenters. The standard InChI is InChI=1S/C16H21F3N2/c17-16(18,19)12-6-1-2-8-14(12)21-11-4-3-9-15(21)13-7-5-10-20-13/h1-2,6,8,13,15,20H,3-5,7,9-11H2. The number of rotatable bonds is 2. The first-order chi connectivity index (χ1) is 10.1. The fraction of sp³-hybridized carbons (Fsp3) is 0.625. The van der Waals surface area contributed by atoms with Crippen molar-refractivity contribution in [3.05, 3.63) is 29.8 Å². The van der Waals surface area contributed by atoms with Crippen LogP contribution in [0.25, 0.3) is 0 Å². The number of nitrogens with one attached hydrogen (secondary N) is 1. The number of piperidine rings is 1. The number of hydrogen-bond acceptors (Lipinski definition) is 2. The molecule has 2 nitrogen and oxygen atoms in total. The Balaban J connectivity index is 1.93. The second-order valence-electron chi connectivity index (χ2n) is 5.97. The van der Waals surface area contributed by atoms with Gasteiger partial charge in [0.2, 0.25) is 0 Å². The van der Waals surface area contributed by atoms with E-state index in [-0.39, 0.29) is 6.04 Å². The molecule has 2 fully saturated rings. The first-order valence-corrected chi connectivity index (χ1v) is 7.73. The Labute approximate surface area is 123 Å². The van der Waals surface area contributed by atoms with Crippen molar-refractivity contribution in [3.63, 3.8) is 0 Å². The fourth-order valence-electron chi connectivity index (χ4n) is 3.68. The summed E-state index contributed by atoms with van der Waals surface area (Å²) in [5.41, 5.74) is -0.154. The SMILES string of the molecule is FC(F)(F)c1ccccc1N1CCCCC1C1CCCN1. The molecule has 2 atom stereocenters. The average Bonchev–Trinajstić information content (AvgIpc) is 3.00. The smallest absolute Gasteiger partial charge is 0.366 e. The second-order valence-corrected chi connectivity index (χ2v) is 5.97. The summed E-state index contributed by atoms with van der Waals surface area (Å²) in [7, 11) is 0. The summed E-state index contributed by atoms with van der Waals surface area (Å²) in [6.07, 6.45) is 0.944. The van der Waals surface area contributed by atoms with E-state index in [1.54, 1.807) is 12.1 Å². The molecule has 1 aromatic rings. The van der Waals surface area contributed by atoms with Crippen LogP contribution in [-0.2, 0) is 6.18 Å². The molecule has 0 bridgehead atoms. The molecule has 1 aromatic carbocycles. The highest BCUT2D eigenvalue weighted by Gasteiger charge is 2.38. The van der Waals surface area contributed by atoms with Crippen molar-refractivity contribution < 1.29 is 13.2 Å². The quantitative estimate of drug-likeness (QED) is 0.893. The first kappa shape index (κ1) is 14.7. The topological polar surface area (TPSA) is 15.3 Å². The van der Waals surface area contributed by atoms with E-state index in [1.807, 2.05) is 4.90 Å². The van der Waals surface area contributed by atoms with Gasteiger partial charge in [-0.3, -0.25) is 0 Å². The van der Waals surface area contributed by atoms with Crippen LogP contribution in [0.2, 0.25) is 0 Å². The molecule has 2 heterocycles. The number of benzene rings is 1. The molecule has 1 N–H and O–H groups in total. The van der Waals surface area contributed by atoms with Crippen LogP contribution in [0.4, 0.5) is 18.9 Å². The number of nitrogens with zero attached hydrogens (tertiary/aromatic N) is 1. The van der Waals surface area contributed by atoms with Crippen LogP contribution in [0.5, 0.6) is 0 Å². The van der Waals surface area contributed by atoms with Gasteiger partial charge in [0, 0.05) is 24.3 Å². The molecule has 3 rings (SSSR count). The number of para-hydroxylation sites is 1. The van der Waals surface area contributed by atoms with E-state index < -0.39 is 11.7 Å². The lowest BCUT2D eigenvalue weighted by Gasteiger charge is -2.42. The minimum absolute atomic E-state index is 0.185. The molecule has 2 saturated heterocycles. The fourth-order valence-corrected chi connectivity index (χ4v) is 3.68. The lowest BCUT2D eigenvalue weighted by Crippen LogP contribution is -2.50. The van der Waals surface area contributed by atoms with E-state index in [0.29, 0.717) is 11.7 Å². The van der Waals surface area contributed by atoms with Crippen molar-refractivity contribution >= 4 is 5.69 Å². The number of halogens is 3. The van der Waals surface area contributed by atoms with Crippen LogP contribution in [0.1, 0.15) is 37.7 Å². The van der Waals surface area contributed by atoms with Gasteiger partial charge >= 0.3 is 6.18 Å². The third-order valence-corrected chi connectivity index (χ3v) is 4.63. The number of anilines is 1. The predicted molar refractivity (Wildman–Crippen MR) is 77.5 cm³/mol. The van der Waals surface area contributed by atoms with Gasteiger partial charge in [0.05, 0.1) is 5.56 Å². The molecule has 0 amide bonds. The van der Waals surface area contributed by atoms with E-state index in [0.717, 1.165) is 45.2 Å². The monoisotopic (exact) mass is 298 g/mol. The van der Waals surface area contributed by atoms with Gasteiger partial charge in [-0.05, 0) is 50.8 Å². The maximum Gasteiger partial charge on any atom is 0.418 e. The lowest BCUT2D eigenvalue weighted by atomic mass is 9.93. The summed E-state index contributed by atoms with van der Waals surface area (Å²) in [6.45, 7) is 1.70. The molecule has 0 aromatic heterocycles. The van der Waals surface area contributed by atoms with Gasteiger partial charge in [-0.25, -0.2) is 0 Å². The third-order valence-electron chi connectivity index (χ3n) is 4.63. The summed E-state index contributed by atoms with van der Waals surface area (Å²) in [5, 5.41) is 3.46. The van der Waals surface area contributed by atoms with Crippen molar-refractivity contribution in [3.8, 4) is 0 Å². The summed E-state index contributed by atoms with van der Waals surface area (Å²) < 4.78 is 39.8. The maximum atomic E-state index is 13.3. The molecule has 21 heavy (non-hydrogen) atoms. The normalized spacial score (nSPS) is 27.1. The van der Waals surface area contributed by atoms with Crippen molar-refractivity contribution in [2.45, 2.75) is 50.4 Å². The summed E-state index contributed by atoms with van der Waals surface area (Å²) >= 11 is 0. The Morgan fingerprint density at radius 2 is 1.86 bits per heavy atom. The van der Waals surface area contributed by atoms with Gasteiger partial charge in [-0.1, -0.05) is 12.1 Å². The highest BCUT2D eigenvalue weighted by molar-refractivity contribution is 5.56. The minimum atomic E-state index is -4.29. The summed E-state index contributed by atoms with van der Waals surface area (Å²) in [5.74, 6) is 0. The van der Waals surface area contributed by atoms with E-state index in [9.17, 15) is 13.2 Å². The lowest BCUT2D eigenvalue weighted by molar-refractivity contribution is -0.137. The molecule has 0 spiro atoms. The zero-order valence-electron chi connectivity index (χ0n) is 12.0. The number of alkyl halides is 3. The molecule has 0 radical (unpaired) electrons. The molecule has 5 heteroatoms. The zero-order valence-corrected chi connectivity index (χ0v) is 12.0. The second kappa shape index (κ2) is 5.87. The Bertz CT molecular complexity index is 481. The van der Waals surface area contributed by atoms with E-state index >= 15 is 0 Å². The largest absolute Gasteiger partial charge is 0.418 e. The Morgan fingerprint density at radius 1 is 1.05 bits per heavy atom. The first-order valence-electron chi connectivity index (χ1n) is 7.73. The van der Waals surface area contributed by atoms with Crippen LogP contribution >= 0.6 is 0 Å². The Morgan fingerprint density at radius 3 is 2.57 bits per heavy atom. The van der Waals surface area contributed by atoms with E-state index in [2.05, 4.69) is 5.32 Å². The highest BCUT2D eigenvalue weighted by Crippen LogP contribution is 2.39. The molecular formula is C16H21F3N2. The van der Waals surface area contributed by atoms with Crippen LogP contribution in [0.15, 0.2) is 24.3 Å². The predicted octanol–water partition coefficient (Wildman–Crippen LogP) is 3.82. The van der Waals surface area contributed by atoms with E-state index in [4.69, 9.17) is 0 Å². The molecule has 2 aliphatic heterocycles. The molecule has 0 saturated carbocycles. The van der Waals surface area contributed by atoms with Gasteiger partial charge in [0.25, 0.3) is 0 Å². The molecular weight excluding hydrogens is 277 g/mol. The van der Waals surface area contributed by atoms with Crippen LogP contribution < -0.4 is 10.2 Å². The van der Waals surface area contributed by atoms with Crippen LogP contribution in [0, 0.1) is 0 Å². The van der Waals surface area contributed by atoms with Crippen LogP contribution in [0.3, 0.4) is 0 Å². The Hall–Kier alpha value is -1.23. The molecule has 116 valence electrons. The van der Waals surface area contributed by atoms with Gasteiger partial charge in [0.1, 0.15) is 0 Å². The van der Waals surface area contributed by atoms with Crippen molar-refractivity contribution in [2.75, 3.05) is 18.0 Å². The van der Waals surface area contributed by atoms with Gasteiger partial charge in [-0.2, -0.15) is 13.2 Å². The molecule has 2 aliphatic rings. The van der Waals surface area contributed by atoms with Crippen molar-refractivity contribution in [1.29, 1.82) is 0 Å². The van der Waals surface area contributed by atoms with Crippen molar-refractivity contribution in [2.24, 2.45) is 0 Å². The number of hydrogen-bond donors (Lipinski definition) is 1. The van der Waals surface area contributed by atoms with Crippen molar-refractivity contribution in [1.82, 2.24) is 5.32 Å². The minimum Gasteiger partial charge on any atom is -0.366 e. The summed E-state index contributed by atoms with van der Waals surface area (Å²) in [4.78, 5) is 2.00. The third kappa shape index (κ3) is 3.03. The Kier molecular flexibility index (Phi) is 4.11. The van der Waals surface area contributed by atoms with E-state index in [1.165, 1.54) is 12.1 Å². The molecule has 0 aliphatic carbocycles.